The summed E-state index contributed by atoms with van der Waals surface area (Å²) in [4.78, 5) is 50.0. The Morgan fingerprint density at radius 3 is 1.91 bits per heavy atom. The van der Waals surface area contributed by atoms with Crippen molar-refractivity contribution in [2.75, 3.05) is 26.9 Å². The summed E-state index contributed by atoms with van der Waals surface area (Å²) in [6.07, 6.45) is 0.658. The predicted molar refractivity (Wildman–Crippen MR) is 130 cm³/mol. The summed E-state index contributed by atoms with van der Waals surface area (Å²) in [5.74, 6) is -1.88. The van der Waals surface area contributed by atoms with Gasteiger partial charge in [0.1, 0.15) is 11.4 Å². The molecule has 0 heterocycles. The molecule has 0 saturated carbocycles. The Morgan fingerprint density at radius 2 is 1.49 bits per heavy atom. The monoisotopic (exact) mass is 492 g/mol. The van der Waals surface area contributed by atoms with Crippen LogP contribution in [0, 0.1) is 0 Å². The number of benzene rings is 1. The highest BCUT2D eigenvalue weighted by atomic mass is 16.6. The third-order valence-corrected chi connectivity index (χ3v) is 4.57. The molecule has 0 aliphatic rings. The number of esters is 2. The lowest BCUT2D eigenvalue weighted by atomic mass is 9.92. The molecule has 0 radical (unpaired) electrons. The number of rotatable bonds is 11. The average molecular weight is 493 g/mol. The number of nitrogens with one attached hydrogen (secondary N) is 2. The van der Waals surface area contributed by atoms with E-state index >= 15 is 0 Å². The fraction of sp³-hybridized carbons (Fsp3) is 0.520. The van der Waals surface area contributed by atoms with Crippen LogP contribution in [0.2, 0.25) is 0 Å². The average Bonchev–Trinajstić information content (AvgIpc) is 2.77. The van der Waals surface area contributed by atoms with Gasteiger partial charge in [-0.2, -0.15) is 0 Å². The Labute approximate surface area is 206 Å². The van der Waals surface area contributed by atoms with E-state index in [1.54, 1.807) is 65.0 Å². The molecule has 0 saturated heterocycles. The fourth-order valence-electron chi connectivity index (χ4n) is 3.07. The summed E-state index contributed by atoms with van der Waals surface area (Å²) in [5.41, 5.74) is -1.54. The van der Waals surface area contributed by atoms with Crippen molar-refractivity contribution in [2.24, 2.45) is 0 Å². The maximum Gasteiger partial charge on any atom is 0.407 e. The fourth-order valence-corrected chi connectivity index (χ4v) is 3.07. The van der Waals surface area contributed by atoms with E-state index in [1.807, 2.05) is 0 Å². The van der Waals surface area contributed by atoms with Gasteiger partial charge in [-0.3, -0.25) is 4.79 Å². The Kier molecular flexibility index (Phi) is 11.2. The zero-order valence-electron chi connectivity index (χ0n) is 21.5. The number of methoxy groups -OCH3 is 1. The first-order valence-electron chi connectivity index (χ1n) is 11.3. The number of alkyl carbamates (subject to hydrolysis) is 1. The van der Waals surface area contributed by atoms with Gasteiger partial charge in [-0.1, -0.05) is 18.2 Å². The van der Waals surface area contributed by atoms with Gasteiger partial charge >= 0.3 is 18.0 Å². The predicted octanol–water partition coefficient (Wildman–Crippen LogP) is 2.99. The van der Waals surface area contributed by atoms with Crippen molar-refractivity contribution in [1.29, 1.82) is 0 Å². The molecular formula is C25H36N2O8. The van der Waals surface area contributed by atoms with Crippen LogP contribution in [-0.4, -0.2) is 61.9 Å². The van der Waals surface area contributed by atoms with Crippen LogP contribution in [-0.2, 0) is 28.6 Å². The largest absolute Gasteiger partial charge is 0.497 e. The highest BCUT2D eigenvalue weighted by Crippen LogP contribution is 2.24. The molecule has 10 heteroatoms. The van der Waals surface area contributed by atoms with E-state index in [9.17, 15) is 19.2 Å². The summed E-state index contributed by atoms with van der Waals surface area (Å²) < 4.78 is 20.7. The van der Waals surface area contributed by atoms with Gasteiger partial charge in [0.05, 0.1) is 20.3 Å². The lowest BCUT2D eigenvalue weighted by Gasteiger charge is -2.29. The normalized spacial score (nSPS) is 11.8. The van der Waals surface area contributed by atoms with Crippen LogP contribution in [0.1, 0.15) is 53.5 Å². The van der Waals surface area contributed by atoms with Crippen LogP contribution in [0.4, 0.5) is 4.79 Å². The van der Waals surface area contributed by atoms with E-state index in [0.29, 0.717) is 16.9 Å². The van der Waals surface area contributed by atoms with Gasteiger partial charge in [0.2, 0.25) is 11.4 Å². The Bertz CT molecular complexity index is 898. The van der Waals surface area contributed by atoms with Gasteiger partial charge in [0.15, 0.2) is 0 Å². The van der Waals surface area contributed by atoms with Crippen molar-refractivity contribution in [3.05, 3.63) is 35.9 Å². The molecule has 0 spiro atoms. The molecule has 0 aliphatic carbocycles. The highest BCUT2D eigenvalue weighted by molar-refractivity contribution is 6.08. The van der Waals surface area contributed by atoms with Crippen molar-refractivity contribution in [2.45, 2.75) is 59.1 Å². The minimum Gasteiger partial charge on any atom is -0.497 e. The number of ether oxygens (including phenoxy) is 4. The second-order valence-electron chi connectivity index (χ2n) is 8.54. The van der Waals surface area contributed by atoms with Crippen LogP contribution in [0.5, 0.6) is 5.75 Å². The third kappa shape index (κ3) is 9.30. The van der Waals surface area contributed by atoms with E-state index < -0.39 is 35.1 Å². The third-order valence-electron chi connectivity index (χ3n) is 4.57. The first-order valence-corrected chi connectivity index (χ1v) is 11.3. The molecule has 0 atom stereocenters. The second kappa shape index (κ2) is 13.4. The van der Waals surface area contributed by atoms with Crippen LogP contribution >= 0.6 is 0 Å². The number of amides is 2. The van der Waals surface area contributed by atoms with Crippen LogP contribution < -0.4 is 15.4 Å². The number of carbonyl (C=O) groups excluding carboxylic acids is 4. The van der Waals surface area contributed by atoms with Gasteiger partial charge in [0, 0.05) is 19.9 Å². The molecule has 1 rings (SSSR count). The maximum atomic E-state index is 12.9. The topological polar surface area (TPSA) is 129 Å². The molecule has 0 aromatic heterocycles. The van der Waals surface area contributed by atoms with Crippen molar-refractivity contribution in [3.8, 4) is 5.75 Å². The van der Waals surface area contributed by atoms with Gasteiger partial charge < -0.3 is 29.6 Å². The van der Waals surface area contributed by atoms with Gasteiger partial charge in [-0.15, -0.1) is 0 Å². The minimum absolute atomic E-state index is 0.00514. The van der Waals surface area contributed by atoms with Crippen molar-refractivity contribution >= 4 is 29.5 Å². The first kappa shape index (κ1) is 29.5. The molecule has 35 heavy (non-hydrogen) atoms. The minimum atomic E-state index is -2.10. The highest BCUT2D eigenvalue weighted by Gasteiger charge is 2.49. The lowest BCUT2D eigenvalue weighted by Crippen LogP contribution is -2.60. The summed E-state index contributed by atoms with van der Waals surface area (Å²) in [6, 6.07) is 6.98. The van der Waals surface area contributed by atoms with E-state index in [2.05, 4.69) is 10.6 Å². The molecule has 0 aliphatic heterocycles. The summed E-state index contributed by atoms with van der Waals surface area (Å²) in [5, 5.41) is 5.09. The van der Waals surface area contributed by atoms with E-state index in [-0.39, 0.29) is 26.2 Å². The molecule has 1 aromatic rings. The number of carbonyl (C=O) groups is 4. The Balaban J connectivity index is 3.44. The SMILES string of the molecule is CCOC(=O)C(C/C=C(\CNC(=O)OC(C)(C)C)c1ccc(OC)cc1)(NC(C)=O)C(=O)OCC. The molecular weight excluding hydrogens is 456 g/mol. The lowest BCUT2D eigenvalue weighted by molar-refractivity contribution is -0.167. The van der Waals surface area contributed by atoms with Gasteiger partial charge in [0.25, 0.3) is 0 Å². The summed E-state index contributed by atoms with van der Waals surface area (Å²) >= 11 is 0. The molecule has 0 fully saturated rings. The molecule has 10 nitrogen and oxygen atoms in total. The smallest absolute Gasteiger partial charge is 0.407 e. The van der Waals surface area contributed by atoms with Gasteiger partial charge in [-0.25, -0.2) is 14.4 Å². The second-order valence-corrected chi connectivity index (χ2v) is 8.54. The quantitative estimate of drug-likeness (QED) is 0.274. The molecule has 2 N–H and O–H groups in total. The van der Waals surface area contributed by atoms with Crippen LogP contribution in [0.3, 0.4) is 0 Å². The zero-order valence-corrected chi connectivity index (χ0v) is 21.5. The Morgan fingerprint density at radius 1 is 0.943 bits per heavy atom. The maximum absolute atomic E-state index is 12.9. The van der Waals surface area contributed by atoms with E-state index in [1.165, 1.54) is 14.0 Å². The van der Waals surface area contributed by atoms with Crippen LogP contribution in [0.25, 0.3) is 5.57 Å². The summed E-state index contributed by atoms with van der Waals surface area (Å²) in [6.45, 7) is 9.60. The molecule has 0 bridgehead atoms. The Hall–Kier alpha value is -3.56. The number of hydrogen-bond donors (Lipinski definition) is 2. The van der Waals surface area contributed by atoms with Gasteiger partial charge in [-0.05, 0) is 57.9 Å². The first-order chi connectivity index (χ1) is 16.4. The van der Waals surface area contributed by atoms with Crippen molar-refractivity contribution in [3.63, 3.8) is 0 Å². The zero-order chi connectivity index (χ0) is 26.6. The van der Waals surface area contributed by atoms with E-state index in [4.69, 9.17) is 18.9 Å². The summed E-state index contributed by atoms with van der Waals surface area (Å²) in [7, 11) is 1.54. The van der Waals surface area contributed by atoms with E-state index in [0.717, 1.165) is 0 Å². The number of hydrogen-bond acceptors (Lipinski definition) is 8. The molecule has 2 amide bonds. The van der Waals surface area contributed by atoms with Crippen molar-refractivity contribution in [1.82, 2.24) is 10.6 Å². The van der Waals surface area contributed by atoms with Crippen LogP contribution in [0.15, 0.2) is 30.3 Å². The molecule has 0 unspecified atom stereocenters. The molecule has 1 aromatic carbocycles. The van der Waals surface area contributed by atoms with Crippen molar-refractivity contribution < 1.29 is 38.1 Å². The standard InChI is InChI=1S/C25H36N2O8/c1-8-33-21(29)25(27-17(3)28,22(30)34-9-2)15-14-19(16-26-23(31)35-24(4,5)6)18-10-12-20(32-7)13-11-18/h10-14H,8-9,15-16H2,1-7H3,(H,26,31)(H,27,28)/b19-14+. The molecule has 194 valence electrons.